The highest BCUT2D eigenvalue weighted by molar-refractivity contribution is 7.89. The molecule has 1 aliphatic heterocycles. The van der Waals surface area contributed by atoms with E-state index < -0.39 is 34.8 Å². The predicted molar refractivity (Wildman–Crippen MR) is 65.1 cm³/mol. The summed E-state index contributed by atoms with van der Waals surface area (Å²) in [5, 5.41) is 8.91. The fourth-order valence-corrected chi connectivity index (χ4v) is 4.17. The van der Waals surface area contributed by atoms with Crippen LogP contribution in [-0.4, -0.2) is 49.0 Å². The van der Waals surface area contributed by atoms with Crippen LogP contribution in [0.25, 0.3) is 0 Å². The molecule has 0 aromatic heterocycles. The van der Waals surface area contributed by atoms with E-state index in [1.165, 1.54) is 4.31 Å². The van der Waals surface area contributed by atoms with E-state index >= 15 is 0 Å². The molecule has 8 heteroatoms. The van der Waals surface area contributed by atoms with Crippen molar-refractivity contribution in [2.45, 2.75) is 50.7 Å². The zero-order chi connectivity index (χ0) is 14.5. The summed E-state index contributed by atoms with van der Waals surface area (Å²) in [4.78, 5) is 0. The van der Waals surface area contributed by atoms with Crippen molar-refractivity contribution < 1.29 is 26.7 Å². The highest BCUT2D eigenvalue weighted by atomic mass is 32.2. The summed E-state index contributed by atoms with van der Waals surface area (Å²) in [6.45, 7) is 0.234. The molecule has 0 spiro atoms. The number of piperidine rings is 1. The van der Waals surface area contributed by atoms with E-state index in [4.69, 9.17) is 5.11 Å². The van der Waals surface area contributed by atoms with Crippen LogP contribution in [-0.2, 0) is 10.0 Å². The van der Waals surface area contributed by atoms with Gasteiger partial charge in [-0.3, -0.25) is 0 Å². The third kappa shape index (κ3) is 5.66. The number of alkyl halides is 3. The molecular weight excluding hydrogens is 283 g/mol. The van der Waals surface area contributed by atoms with Crippen molar-refractivity contribution in [2.24, 2.45) is 0 Å². The summed E-state index contributed by atoms with van der Waals surface area (Å²) in [6, 6.07) is -0.269. The van der Waals surface area contributed by atoms with Crippen molar-refractivity contribution in [1.29, 1.82) is 0 Å². The second-order valence-corrected chi connectivity index (χ2v) is 6.85. The molecule has 1 N–H and O–H groups in total. The van der Waals surface area contributed by atoms with Crippen molar-refractivity contribution >= 4 is 10.0 Å². The fraction of sp³-hybridized carbons (Fsp3) is 1.00. The van der Waals surface area contributed by atoms with E-state index in [1.807, 2.05) is 0 Å². The number of aliphatic hydroxyl groups is 1. The number of halogens is 3. The minimum absolute atomic E-state index is 0.112. The van der Waals surface area contributed by atoms with E-state index in [1.54, 1.807) is 0 Å². The van der Waals surface area contributed by atoms with Crippen LogP contribution in [0.1, 0.15) is 38.5 Å². The summed E-state index contributed by atoms with van der Waals surface area (Å²) in [5.74, 6) is -0.478. The Morgan fingerprint density at radius 1 is 1.26 bits per heavy atom. The monoisotopic (exact) mass is 303 g/mol. The zero-order valence-corrected chi connectivity index (χ0v) is 11.5. The number of rotatable bonds is 6. The Morgan fingerprint density at radius 3 is 2.53 bits per heavy atom. The average molecular weight is 303 g/mol. The Kier molecular flexibility index (Phi) is 6.07. The molecule has 1 heterocycles. The minimum Gasteiger partial charge on any atom is -0.396 e. The van der Waals surface area contributed by atoms with Gasteiger partial charge >= 0.3 is 6.18 Å². The lowest BCUT2D eigenvalue weighted by Crippen LogP contribution is -2.45. The van der Waals surface area contributed by atoms with Crippen molar-refractivity contribution in [3.63, 3.8) is 0 Å². The quantitative estimate of drug-likeness (QED) is 0.815. The molecule has 0 aromatic carbocycles. The average Bonchev–Trinajstić information content (AvgIpc) is 2.28. The summed E-state index contributed by atoms with van der Waals surface area (Å²) >= 11 is 0. The first-order chi connectivity index (χ1) is 8.76. The molecule has 1 unspecified atom stereocenters. The maximum atomic E-state index is 12.0. The van der Waals surface area contributed by atoms with Crippen molar-refractivity contribution in [3.8, 4) is 0 Å². The van der Waals surface area contributed by atoms with Crippen LogP contribution >= 0.6 is 0 Å². The molecule has 1 saturated heterocycles. The molecule has 1 atom stereocenters. The number of hydrogen-bond acceptors (Lipinski definition) is 3. The maximum Gasteiger partial charge on any atom is 0.389 e. The highest BCUT2D eigenvalue weighted by Crippen LogP contribution is 2.25. The molecule has 1 aliphatic rings. The van der Waals surface area contributed by atoms with Crippen LogP contribution in [0.4, 0.5) is 13.2 Å². The van der Waals surface area contributed by atoms with Crippen molar-refractivity contribution in [1.82, 2.24) is 4.31 Å². The molecule has 0 saturated carbocycles. The summed E-state index contributed by atoms with van der Waals surface area (Å²) in [6.07, 6.45) is -3.18. The molecular formula is C11H20F3NO3S. The molecule has 0 aromatic rings. The number of sulfonamides is 1. The van der Waals surface area contributed by atoms with Gasteiger partial charge in [-0.15, -0.1) is 0 Å². The highest BCUT2D eigenvalue weighted by Gasteiger charge is 2.33. The molecule has 4 nitrogen and oxygen atoms in total. The second-order valence-electron chi connectivity index (χ2n) is 4.81. The van der Waals surface area contributed by atoms with Crippen LogP contribution in [0.5, 0.6) is 0 Å². The topological polar surface area (TPSA) is 57.6 Å². The van der Waals surface area contributed by atoms with E-state index in [0.717, 1.165) is 12.8 Å². The zero-order valence-electron chi connectivity index (χ0n) is 10.7. The fourth-order valence-electron chi connectivity index (χ4n) is 2.35. The van der Waals surface area contributed by atoms with E-state index in [9.17, 15) is 21.6 Å². The first kappa shape index (κ1) is 16.7. The molecule has 19 heavy (non-hydrogen) atoms. The Bertz CT molecular complexity index is 368. The van der Waals surface area contributed by atoms with E-state index in [0.29, 0.717) is 19.4 Å². The van der Waals surface area contributed by atoms with Gasteiger partial charge in [0.15, 0.2) is 0 Å². The molecule has 0 amide bonds. The largest absolute Gasteiger partial charge is 0.396 e. The molecule has 0 radical (unpaired) electrons. The lowest BCUT2D eigenvalue weighted by Gasteiger charge is -2.34. The Labute approximate surface area is 111 Å². The van der Waals surface area contributed by atoms with Crippen LogP contribution in [0.3, 0.4) is 0 Å². The predicted octanol–water partition coefficient (Wildman–Crippen LogP) is 1.90. The van der Waals surface area contributed by atoms with Gasteiger partial charge in [-0.1, -0.05) is 6.42 Å². The van der Waals surface area contributed by atoms with Crippen molar-refractivity contribution in [2.75, 3.05) is 18.9 Å². The van der Waals surface area contributed by atoms with E-state index in [2.05, 4.69) is 0 Å². The van der Waals surface area contributed by atoms with E-state index in [-0.39, 0.29) is 12.6 Å². The lowest BCUT2D eigenvalue weighted by atomic mass is 10.0. The summed E-state index contributed by atoms with van der Waals surface area (Å²) in [7, 11) is -3.65. The smallest absolute Gasteiger partial charge is 0.389 e. The third-order valence-corrected chi connectivity index (χ3v) is 5.26. The van der Waals surface area contributed by atoms with Gasteiger partial charge in [-0.2, -0.15) is 17.5 Å². The molecule has 1 rings (SSSR count). The second kappa shape index (κ2) is 6.90. The van der Waals surface area contributed by atoms with Crippen LogP contribution in [0, 0.1) is 0 Å². The van der Waals surface area contributed by atoms with Crippen LogP contribution < -0.4 is 0 Å². The van der Waals surface area contributed by atoms with Gasteiger partial charge in [0.1, 0.15) is 0 Å². The lowest BCUT2D eigenvalue weighted by molar-refractivity contribution is -0.134. The minimum atomic E-state index is -4.32. The van der Waals surface area contributed by atoms with Crippen LogP contribution in [0.2, 0.25) is 0 Å². The van der Waals surface area contributed by atoms with Gasteiger partial charge in [-0.25, -0.2) is 8.42 Å². The Morgan fingerprint density at radius 2 is 1.95 bits per heavy atom. The summed E-state index contributed by atoms with van der Waals surface area (Å²) < 4.78 is 61.4. The van der Waals surface area contributed by atoms with Gasteiger partial charge in [0.2, 0.25) is 10.0 Å². The SMILES string of the molecule is O=S(=O)(CCCC(F)(F)F)N1CCCCC1CCO. The maximum absolute atomic E-state index is 12.0. The normalized spacial score (nSPS) is 22.6. The van der Waals surface area contributed by atoms with Gasteiger partial charge in [0, 0.05) is 25.6 Å². The van der Waals surface area contributed by atoms with Gasteiger partial charge in [0.25, 0.3) is 0 Å². The standard InChI is InChI=1S/C11H20F3NO3S/c12-11(13,14)6-3-9-19(17,18)15-7-2-1-4-10(15)5-8-16/h10,16H,1-9H2. The molecule has 0 bridgehead atoms. The van der Waals surface area contributed by atoms with Crippen molar-refractivity contribution in [3.05, 3.63) is 0 Å². The summed E-state index contributed by atoms with van der Waals surface area (Å²) in [5.41, 5.74) is 0. The molecule has 114 valence electrons. The van der Waals surface area contributed by atoms with Gasteiger partial charge in [-0.05, 0) is 25.7 Å². The molecule has 1 fully saturated rings. The first-order valence-corrected chi connectivity index (χ1v) is 8.04. The number of aliphatic hydroxyl groups excluding tert-OH is 1. The first-order valence-electron chi connectivity index (χ1n) is 6.43. The van der Waals surface area contributed by atoms with Crippen LogP contribution in [0.15, 0.2) is 0 Å². The Hall–Kier alpha value is -0.340. The number of hydrogen-bond donors (Lipinski definition) is 1. The molecule has 0 aliphatic carbocycles. The number of nitrogens with zero attached hydrogens (tertiary/aromatic N) is 1. The van der Waals surface area contributed by atoms with Gasteiger partial charge in [0.05, 0.1) is 5.75 Å². The van der Waals surface area contributed by atoms with Gasteiger partial charge < -0.3 is 5.11 Å². The third-order valence-electron chi connectivity index (χ3n) is 3.26. The Balaban J connectivity index is 2.58.